The Hall–Kier alpha value is -1.56. The van der Waals surface area contributed by atoms with E-state index in [-0.39, 0.29) is 23.0 Å². The van der Waals surface area contributed by atoms with Crippen LogP contribution < -0.4 is 15.8 Å². The average Bonchev–Trinajstić information content (AvgIpc) is 2.39. The molecular formula is C12H17ClN4O2. The van der Waals surface area contributed by atoms with E-state index in [1.54, 1.807) is 0 Å². The van der Waals surface area contributed by atoms with Gasteiger partial charge in [-0.25, -0.2) is 9.97 Å². The number of nitrogens with one attached hydrogen (secondary N) is 1. The molecule has 104 valence electrons. The maximum absolute atomic E-state index is 11.1. The Morgan fingerprint density at radius 2 is 2.11 bits per heavy atom. The van der Waals surface area contributed by atoms with Gasteiger partial charge in [-0.2, -0.15) is 0 Å². The SMILES string of the molecule is COc1c(Cl)ncnc1NC1CCC(C(N)=O)CC1. The predicted molar refractivity (Wildman–Crippen MR) is 72.2 cm³/mol. The highest BCUT2D eigenvalue weighted by atomic mass is 35.5. The second-order valence-corrected chi connectivity index (χ2v) is 5.00. The molecule has 0 aliphatic heterocycles. The van der Waals surface area contributed by atoms with Gasteiger partial charge in [0.25, 0.3) is 0 Å². The number of primary amides is 1. The van der Waals surface area contributed by atoms with E-state index in [1.165, 1.54) is 13.4 Å². The third-order valence-corrected chi connectivity index (χ3v) is 3.70. The summed E-state index contributed by atoms with van der Waals surface area (Å²) in [5.41, 5.74) is 5.31. The van der Waals surface area contributed by atoms with E-state index < -0.39 is 0 Å². The number of hydrogen-bond acceptors (Lipinski definition) is 5. The van der Waals surface area contributed by atoms with Gasteiger partial charge in [0.05, 0.1) is 7.11 Å². The van der Waals surface area contributed by atoms with Crippen LogP contribution in [0.25, 0.3) is 0 Å². The molecule has 7 heteroatoms. The molecule has 1 heterocycles. The van der Waals surface area contributed by atoms with E-state index in [9.17, 15) is 4.79 Å². The minimum atomic E-state index is -0.207. The standard InChI is InChI=1S/C12H17ClN4O2/c1-19-9-10(13)15-6-16-12(9)17-8-4-2-7(3-5-8)11(14)18/h6-8H,2-5H2,1H3,(H2,14,18)(H,15,16,17). The molecule has 0 atom stereocenters. The smallest absolute Gasteiger partial charge is 0.220 e. The number of amides is 1. The molecule has 1 fully saturated rings. The summed E-state index contributed by atoms with van der Waals surface area (Å²) in [4.78, 5) is 19.1. The van der Waals surface area contributed by atoms with Crippen molar-refractivity contribution in [1.82, 2.24) is 9.97 Å². The lowest BCUT2D eigenvalue weighted by atomic mass is 9.85. The number of nitrogens with zero attached hydrogens (tertiary/aromatic N) is 2. The maximum Gasteiger partial charge on any atom is 0.220 e. The molecule has 1 saturated carbocycles. The Balaban J connectivity index is 1.99. The number of methoxy groups -OCH3 is 1. The van der Waals surface area contributed by atoms with Crippen LogP contribution in [0.5, 0.6) is 5.75 Å². The molecule has 0 radical (unpaired) electrons. The van der Waals surface area contributed by atoms with Gasteiger partial charge in [0.15, 0.2) is 16.7 Å². The van der Waals surface area contributed by atoms with Crippen molar-refractivity contribution >= 4 is 23.3 Å². The van der Waals surface area contributed by atoms with Crippen molar-refractivity contribution in [3.63, 3.8) is 0 Å². The first-order chi connectivity index (χ1) is 9.11. The molecule has 1 aliphatic rings. The summed E-state index contributed by atoms with van der Waals surface area (Å²) in [5.74, 6) is 0.821. The van der Waals surface area contributed by atoms with Crippen LogP contribution >= 0.6 is 11.6 Å². The van der Waals surface area contributed by atoms with Crippen LogP contribution in [0.1, 0.15) is 25.7 Å². The van der Waals surface area contributed by atoms with E-state index in [2.05, 4.69) is 15.3 Å². The number of rotatable bonds is 4. The zero-order valence-corrected chi connectivity index (χ0v) is 11.5. The van der Waals surface area contributed by atoms with E-state index >= 15 is 0 Å². The lowest BCUT2D eigenvalue weighted by molar-refractivity contribution is -0.122. The van der Waals surface area contributed by atoms with Crippen LogP contribution in [-0.4, -0.2) is 29.0 Å². The summed E-state index contributed by atoms with van der Waals surface area (Å²) in [7, 11) is 1.53. The van der Waals surface area contributed by atoms with Gasteiger partial charge in [-0.05, 0) is 25.7 Å². The Morgan fingerprint density at radius 1 is 1.42 bits per heavy atom. The molecular weight excluding hydrogens is 268 g/mol. The summed E-state index contributed by atoms with van der Waals surface area (Å²) in [5, 5.41) is 3.57. The number of aromatic nitrogens is 2. The first-order valence-electron chi connectivity index (χ1n) is 6.22. The third kappa shape index (κ3) is 3.26. The molecule has 0 bridgehead atoms. The van der Waals surface area contributed by atoms with Crippen LogP contribution in [0.2, 0.25) is 5.15 Å². The number of anilines is 1. The van der Waals surface area contributed by atoms with Gasteiger partial charge in [0, 0.05) is 12.0 Å². The van der Waals surface area contributed by atoms with Crippen molar-refractivity contribution in [2.75, 3.05) is 12.4 Å². The van der Waals surface area contributed by atoms with Gasteiger partial charge in [0.2, 0.25) is 5.91 Å². The molecule has 3 N–H and O–H groups in total. The van der Waals surface area contributed by atoms with E-state index in [1.807, 2.05) is 0 Å². The largest absolute Gasteiger partial charge is 0.490 e. The maximum atomic E-state index is 11.1. The number of ether oxygens (including phenoxy) is 1. The summed E-state index contributed by atoms with van der Waals surface area (Å²) < 4.78 is 5.18. The fourth-order valence-corrected chi connectivity index (χ4v) is 2.56. The van der Waals surface area contributed by atoms with Crippen molar-refractivity contribution < 1.29 is 9.53 Å². The monoisotopic (exact) mass is 284 g/mol. The normalized spacial score (nSPS) is 22.8. The summed E-state index contributed by atoms with van der Waals surface area (Å²) in [6.07, 6.45) is 4.74. The summed E-state index contributed by atoms with van der Waals surface area (Å²) >= 11 is 5.93. The second-order valence-electron chi connectivity index (χ2n) is 4.64. The molecule has 0 aromatic carbocycles. The molecule has 0 spiro atoms. The minimum absolute atomic E-state index is 0.00562. The first-order valence-corrected chi connectivity index (χ1v) is 6.60. The molecule has 1 aromatic rings. The van der Waals surface area contributed by atoms with Gasteiger partial charge in [-0.1, -0.05) is 11.6 Å². The zero-order chi connectivity index (χ0) is 13.8. The highest BCUT2D eigenvalue weighted by Gasteiger charge is 2.25. The Kier molecular flexibility index (Phi) is 4.42. The van der Waals surface area contributed by atoms with Gasteiger partial charge >= 0.3 is 0 Å². The quantitative estimate of drug-likeness (QED) is 0.820. The van der Waals surface area contributed by atoms with Gasteiger partial charge in [-0.15, -0.1) is 0 Å². The fourth-order valence-electron chi connectivity index (χ4n) is 2.35. The van der Waals surface area contributed by atoms with Crippen molar-refractivity contribution in [3.05, 3.63) is 11.5 Å². The molecule has 6 nitrogen and oxygen atoms in total. The number of nitrogens with two attached hydrogens (primary N) is 1. The number of halogens is 1. The van der Waals surface area contributed by atoms with Crippen LogP contribution in [0.3, 0.4) is 0 Å². The highest BCUT2D eigenvalue weighted by Crippen LogP contribution is 2.32. The van der Waals surface area contributed by atoms with Crippen molar-refractivity contribution in [2.45, 2.75) is 31.7 Å². The van der Waals surface area contributed by atoms with E-state index in [0.29, 0.717) is 11.6 Å². The van der Waals surface area contributed by atoms with Crippen molar-refractivity contribution in [3.8, 4) is 5.75 Å². The van der Waals surface area contributed by atoms with Crippen LogP contribution in [-0.2, 0) is 4.79 Å². The Morgan fingerprint density at radius 3 is 2.68 bits per heavy atom. The molecule has 0 unspecified atom stereocenters. The average molecular weight is 285 g/mol. The molecule has 19 heavy (non-hydrogen) atoms. The first kappa shape index (κ1) is 13.9. The van der Waals surface area contributed by atoms with Crippen LogP contribution in [0.4, 0.5) is 5.82 Å². The molecule has 1 amide bonds. The zero-order valence-electron chi connectivity index (χ0n) is 10.7. The summed E-state index contributed by atoms with van der Waals surface area (Å²) in [6, 6.07) is 0.246. The summed E-state index contributed by atoms with van der Waals surface area (Å²) in [6.45, 7) is 0. The topological polar surface area (TPSA) is 90.1 Å². The van der Waals surface area contributed by atoms with Crippen LogP contribution in [0, 0.1) is 5.92 Å². The van der Waals surface area contributed by atoms with Gasteiger partial charge in [0.1, 0.15) is 6.33 Å². The number of carbonyl (C=O) groups excluding carboxylic acids is 1. The van der Waals surface area contributed by atoms with E-state index in [0.717, 1.165) is 25.7 Å². The molecule has 2 rings (SSSR count). The lowest BCUT2D eigenvalue weighted by Gasteiger charge is -2.28. The minimum Gasteiger partial charge on any atom is -0.490 e. The number of carbonyl (C=O) groups is 1. The van der Waals surface area contributed by atoms with Gasteiger partial charge < -0.3 is 15.8 Å². The Labute approximate surface area is 116 Å². The van der Waals surface area contributed by atoms with Crippen molar-refractivity contribution in [2.24, 2.45) is 11.7 Å². The fraction of sp³-hybridized carbons (Fsp3) is 0.583. The molecule has 1 aliphatic carbocycles. The third-order valence-electron chi connectivity index (χ3n) is 3.43. The highest BCUT2D eigenvalue weighted by molar-refractivity contribution is 6.31. The lowest BCUT2D eigenvalue weighted by Crippen LogP contribution is -2.32. The van der Waals surface area contributed by atoms with Crippen LogP contribution in [0.15, 0.2) is 6.33 Å². The second kappa shape index (κ2) is 6.06. The Bertz CT molecular complexity index is 461. The molecule has 1 aromatic heterocycles. The predicted octanol–water partition coefficient (Wildman–Crippen LogP) is 1.59. The number of hydrogen-bond donors (Lipinski definition) is 2. The molecule has 0 saturated heterocycles. The van der Waals surface area contributed by atoms with Crippen molar-refractivity contribution in [1.29, 1.82) is 0 Å². The van der Waals surface area contributed by atoms with E-state index in [4.69, 9.17) is 22.1 Å². The van der Waals surface area contributed by atoms with Gasteiger partial charge in [-0.3, -0.25) is 4.79 Å².